The molecule has 1 unspecified atom stereocenters. The molecule has 0 saturated heterocycles. The van der Waals surface area contributed by atoms with Crippen LogP contribution in [0.4, 0.5) is 0 Å². The summed E-state index contributed by atoms with van der Waals surface area (Å²) in [6.45, 7) is 0.108. The molecule has 4 rings (SSSR count). The van der Waals surface area contributed by atoms with Crippen LogP contribution in [0.3, 0.4) is 0 Å². The van der Waals surface area contributed by atoms with Crippen LogP contribution in [0.1, 0.15) is 26.2 Å². The molecule has 47 heavy (non-hydrogen) atoms. The summed E-state index contributed by atoms with van der Waals surface area (Å²) in [7, 11) is -1.91. The first kappa shape index (κ1) is 38.8. The van der Waals surface area contributed by atoms with Gasteiger partial charge >= 0.3 is 17.1 Å². The summed E-state index contributed by atoms with van der Waals surface area (Å²) >= 11 is 0. The number of carbonyl (C=O) groups excluding carboxylic acids is 4. The Hall–Kier alpha value is -4.37. The summed E-state index contributed by atoms with van der Waals surface area (Å²) in [5.74, 6) is -6.84. The molecule has 0 aliphatic heterocycles. The van der Waals surface area contributed by atoms with Crippen molar-refractivity contribution in [1.29, 1.82) is 0 Å². The normalized spacial score (nSPS) is 12.3. The molecule has 3 N–H and O–H groups in total. The Kier molecular flexibility index (Phi) is 14.5. The smallest absolute Gasteiger partial charge is 0.550 e. The van der Waals surface area contributed by atoms with E-state index in [0.29, 0.717) is 0 Å². The number of rotatable bonds is 14. The number of aliphatic carboxylic acids is 4. The van der Waals surface area contributed by atoms with E-state index in [1.54, 1.807) is 0 Å². The van der Waals surface area contributed by atoms with Crippen molar-refractivity contribution in [3.8, 4) is 0 Å². The van der Waals surface area contributed by atoms with Gasteiger partial charge in [0.15, 0.2) is 0 Å². The molecular weight excluding hydrogens is 663 g/mol. The standard InChI is InChI=1S/C24H20P.C11H18N2O8.Fe/c1-5-13-21(14-6-1)25(22-15-7-2-8-16-22,23-17-9-3-10-18-23)24-19-11-4-12-20-24;1-10(12,2-6(14)15)11(3-7(16)17,4-8(18)19)13-5-9(20)21;/h1-20H;13H,2-5,12H2,1H3,(H,14,15)(H,16,17)(H,18,19)(H,20,21);/q+1;;+3/p-4. The molecule has 4 aromatic carbocycles. The van der Waals surface area contributed by atoms with Crippen LogP contribution in [0.5, 0.6) is 0 Å². The third kappa shape index (κ3) is 9.81. The Bertz CT molecular complexity index is 1430. The molecule has 245 valence electrons. The van der Waals surface area contributed by atoms with E-state index >= 15 is 0 Å². The average molecular weight is 697 g/mol. The van der Waals surface area contributed by atoms with Gasteiger partial charge < -0.3 is 50.7 Å². The number of benzene rings is 4. The van der Waals surface area contributed by atoms with Crippen molar-refractivity contribution in [2.24, 2.45) is 5.73 Å². The largest absolute Gasteiger partial charge is 3.00 e. The van der Waals surface area contributed by atoms with Crippen LogP contribution >= 0.6 is 7.26 Å². The molecule has 0 fully saturated rings. The molecule has 4 aromatic rings. The van der Waals surface area contributed by atoms with E-state index in [1.165, 1.54) is 21.2 Å². The summed E-state index contributed by atoms with van der Waals surface area (Å²) in [6.07, 6.45) is -3.02. The van der Waals surface area contributed by atoms with Crippen molar-refractivity contribution in [2.45, 2.75) is 37.3 Å². The van der Waals surface area contributed by atoms with Crippen LogP contribution in [-0.4, -0.2) is 41.5 Å². The van der Waals surface area contributed by atoms with Crippen molar-refractivity contribution in [2.75, 3.05) is 6.54 Å². The van der Waals surface area contributed by atoms with Crippen LogP contribution in [0.15, 0.2) is 121 Å². The van der Waals surface area contributed by atoms with Gasteiger partial charge in [0.25, 0.3) is 0 Å². The third-order valence-electron chi connectivity index (χ3n) is 7.64. The zero-order valence-corrected chi connectivity index (χ0v) is 27.5. The fraction of sp³-hybridized carbons (Fsp3) is 0.200. The number of nitrogens with one attached hydrogen (secondary N) is 1. The predicted molar refractivity (Wildman–Crippen MR) is 168 cm³/mol. The van der Waals surface area contributed by atoms with E-state index < -0.39 is 68.0 Å². The number of carboxylic acids is 4. The van der Waals surface area contributed by atoms with Gasteiger partial charge in [-0.05, 0) is 55.5 Å². The van der Waals surface area contributed by atoms with Crippen molar-refractivity contribution < 1.29 is 56.7 Å². The molecule has 0 aliphatic rings. The molecule has 0 aromatic heterocycles. The van der Waals surface area contributed by atoms with Crippen LogP contribution < -0.4 is 52.7 Å². The Balaban J connectivity index is 0.000000327. The average Bonchev–Trinajstić information content (AvgIpc) is 3.01. The molecular formula is C35H34FeN2O8P. The van der Waals surface area contributed by atoms with Crippen LogP contribution in [0.25, 0.3) is 0 Å². The molecule has 0 saturated carbocycles. The Labute approximate surface area is 284 Å². The molecule has 1 atom stereocenters. The van der Waals surface area contributed by atoms with E-state index in [4.69, 9.17) is 5.73 Å². The van der Waals surface area contributed by atoms with E-state index in [2.05, 4.69) is 127 Å². The summed E-state index contributed by atoms with van der Waals surface area (Å²) < 4.78 is 0. The van der Waals surface area contributed by atoms with E-state index in [1.807, 2.05) is 0 Å². The number of carbonyl (C=O) groups is 4. The Morgan fingerprint density at radius 3 is 1.06 bits per heavy atom. The summed E-state index contributed by atoms with van der Waals surface area (Å²) in [5.41, 5.74) is 1.60. The fourth-order valence-corrected chi connectivity index (χ4v) is 9.76. The number of hydrogen-bond donors (Lipinski definition) is 2. The number of hydrogen-bond acceptors (Lipinski definition) is 10. The van der Waals surface area contributed by atoms with E-state index in [0.717, 1.165) is 6.92 Å². The molecule has 0 bridgehead atoms. The van der Waals surface area contributed by atoms with Crippen molar-refractivity contribution >= 4 is 52.4 Å². The van der Waals surface area contributed by atoms with Gasteiger partial charge in [0.05, 0.1) is 5.97 Å². The van der Waals surface area contributed by atoms with E-state index in [-0.39, 0.29) is 17.1 Å². The first-order valence-corrected chi connectivity index (χ1v) is 16.1. The Morgan fingerprint density at radius 2 is 0.830 bits per heavy atom. The minimum atomic E-state index is -2.13. The number of nitrogens with two attached hydrogens (primary N) is 1. The Morgan fingerprint density at radius 1 is 0.553 bits per heavy atom. The van der Waals surface area contributed by atoms with Gasteiger partial charge in [-0.2, -0.15) is 0 Å². The summed E-state index contributed by atoms with van der Waals surface area (Å²) in [4.78, 5) is 42.9. The first-order valence-electron chi connectivity index (χ1n) is 14.3. The van der Waals surface area contributed by atoms with Crippen molar-refractivity contribution in [3.05, 3.63) is 121 Å². The zero-order valence-electron chi connectivity index (χ0n) is 25.5. The maximum Gasteiger partial charge on any atom is 3.00 e. The summed E-state index contributed by atoms with van der Waals surface area (Å²) in [6, 6.07) is 43.8. The van der Waals surface area contributed by atoms with Gasteiger partial charge in [-0.25, -0.2) is 0 Å². The van der Waals surface area contributed by atoms with Gasteiger partial charge in [-0.3, -0.25) is 0 Å². The minimum absolute atomic E-state index is 0. The quantitative estimate of drug-likeness (QED) is 0.105. The van der Waals surface area contributed by atoms with Gasteiger partial charge in [0, 0.05) is 54.8 Å². The van der Waals surface area contributed by atoms with Crippen molar-refractivity contribution in [3.63, 3.8) is 0 Å². The second-order valence-corrected chi connectivity index (χ2v) is 14.3. The van der Waals surface area contributed by atoms with Gasteiger partial charge in [-0.15, -0.1) is 0 Å². The monoisotopic (exact) mass is 697 g/mol. The molecule has 12 heteroatoms. The maximum atomic E-state index is 10.8. The van der Waals surface area contributed by atoms with Crippen LogP contribution in [0, 0.1) is 0 Å². The van der Waals surface area contributed by atoms with Gasteiger partial charge in [0.2, 0.25) is 0 Å². The minimum Gasteiger partial charge on any atom is -0.550 e. The second-order valence-electron chi connectivity index (χ2n) is 10.9. The molecule has 1 radical (unpaired) electrons. The van der Waals surface area contributed by atoms with Gasteiger partial charge in [0.1, 0.15) is 28.5 Å². The fourth-order valence-electron chi connectivity index (χ4n) is 5.50. The molecule has 0 amide bonds. The second kappa shape index (κ2) is 17.5. The SMILES string of the molecule is CC(N)(CC(=O)[O-])C(CC(=O)[O-])(CC(=O)[O-])NCC(=O)[O-].[Fe+3].c1ccc([P+](c2ccccc2)(c2ccccc2)c2ccccc2)cc1. The third-order valence-corrected chi connectivity index (χ3v) is 11.9. The van der Waals surface area contributed by atoms with Crippen LogP contribution in [0.2, 0.25) is 0 Å². The maximum absolute atomic E-state index is 10.8. The molecule has 10 nitrogen and oxygen atoms in total. The zero-order chi connectivity index (χ0) is 33.8. The number of carboxylic acid groups (broad SMARTS) is 4. The molecule has 0 heterocycles. The summed E-state index contributed by atoms with van der Waals surface area (Å²) in [5, 5.41) is 50.5. The van der Waals surface area contributed by atoms with Gasteiger partial charge in [-0.1, -0.05) is 72.8 Å². The van der Waals surface area contributed by atoms with E-state index in [9.17, 15) is 39.6 Å². The molecule has 0 spiro atoms. The molecule has 0 aliphatic carbocycles. The topological polar surface area (TPSA) is 199 Å². The van der Waals surface area contributed by atoms with Crippen molar-refractivity contribution in [1.82, 2.24) is 5.32 Å². The first-order chi connectivity index (χ1) is 21.8. The predicted octanol–water partition coefficient (Wildman–Crippen LogP) is -2.49. The van der Waals surface area contributed by atoms with Crippen LogP contribution in [-0.2, 0) is 36.2 Å².